The van der Waals surface area contributed by atoms with Crippen LogP contribution in [0.5, 0.6) is 0 Å². The van der Waals surface area contributed by atoms with Crippen molar-refractivity contribution in [2.24, 2.45) is 5.92 Å². The van der Waals surface area contributed by atoms with Crippen LogP contribution in [0.15, 0.2) is 24.4 Å². The van der Waals surface area contributed by atoms with Gasteiger partial charge in [-0.3, -0.25) is 9.69 Å². The maximum Gasteiger partial charge on any atom is 0.263 e. The Bertz CT molecular complexity index is 755. The lowest BCUT2D eigenvalue weighted by atomic mass is 9.79. The predicted octanol–water partition coefficient (Wildman–Crippen LogP) is 2.56. The first-order valence-electron chi connectivity index (χ1n) is 8.25. The number of aromatic nitrogens is 2. The number of carbonyl (C=O) groups excluding carboxylic acids is 1. The van der Waals surface area contributed by atoms with Crippen LogP contribution in [0.2, 0.25) is 0 Å². The third kappa shape index (κ3) is 2.82. The van der Waals surface area contributed by atoms with Gasteiger partial charge in [0.25, 0.3) is 5.91 Å². The molecule has 5 heterocycles. The summed E-state index contributed by atoms with van der Waals surface area (Å²) in [6.45, 7) is 4.45. The zero-order valence-electron chi connectivity index (χ0n) is 13.4. The van der Waals surface area contributed by atoms with E-state index in [0.29, 0.717) is 27.5 Å². The van der Waals surface area contributed by atoms with Crippen molar-refractivity contribution >= 4 is 17.2 Å². The zero-order chi connectivity index (χ0) is 16.7. The highest BCUT2D eigenvalue weighted by molar-refractivity contribution is 7.16. The third-order valence-electron chi connectivity index (χ3n) is 5.14. The van der Waals surface area contributed by atoms with Crippen molar-refractivity contribution in [1.82, 2.24) is 20.2 Å². The summed E-state index contributed by atoms with van der Waals surface area (Å²) in [5, 5.41) is 3.74. The van der Waals surface area contributed by atoms with Gasteiger partial charge in [0.1, 0.15) is 15.6 Å². The summed E-state index contributed by atoms with van der Waals surface area (Å²) >= 11 is 1.25. The maximum absolute atomic E-state index is 13.2. The number of thiazole rings is 1. The monoisotopic (exact) mass is 346 g/mol. The van der Waals surface area contributed by atoms with E-state index >= 15 is 0 Å². The van der Waals surface area contributed by atoms with Crippen LogP contribution in [-0.2, 0) is 0 Å². The van der Waals surface area contributed by atoms with Crippen molar-refractivity contribution in [3.05, 3.63) is 35.2 Å². The minimum atomic E-state index is -0.546. The largest absolute Gasteiger partial charge is 0.347 e. The number of pyridine rings is 1. The molecule has 2 aromatic rings. The molecule has 0 spiro atoms. The fourth-order valence-electron chi connectivity index (χ4n) is 3.79. The van der Waals surface area contributed by atoms with E-state index in [9.17, 15) is 9.18 Å². The lowest BCUT2D eigenvalue weighted by Crippen LogP contribution is -2.62. The second-order valence-corrected chi connectivity index (χ2v) is 7.52. The molecule has 7 heteroatoms. The van der Waals surface area contributed by atoms with Gasteiger partial charge in [-0.15, -0.1) is 11.3 Å². The van der Waals surface area contributed by atoms with Crippen molar-refractivity contribution in [2.45, 2.75) is 31.8 Å². The Hall–Kier alpha value is -1.86. The molecule has 0 aromatic carbocycles. The molecule has 5 nitrogen and oxygen atoms in total. The van der Waals surface area contributed by atoms with E-state index in [1.807, 2.05) is 0 Å². The number of fused-ring (bicyclic) bond motifs is 3. The molecule has 1 N–H and O–H groups in total. The summed E-state index contributed by atoms with van der Waals surface area (Å²) in [5.41, 5.74) is 0.454. The first-order chi connectivity index (χ1) is 11.6. The number of piperidine rings is 3. The average molecular weight is 346 g/mol. The number of amides is 1. The Balaban J connectivity index is 1.49. The number of hydrogen-bond acceptors (Lipinski definition) is 5. The van der Waals surface area contributed by atoms with Gasteiger partial charge in [0.15, 0.2) is 0 Å². The molecule has 126 valence electrons. The Morgan fingerprint density at radius 2 is 2.17 bits per heavy atom. The van der Waals surface area contributed by atoms with E-state index in [0.717, 1.165) is 25.9 Å². The molecule has 0 aliphatic carbocycles. The molecule has 3 fully saturated rings. The number of hydrogen-bond donors (Lipinski definition) is 1. The molecule has 1 amide bonds. The van der Waals surface area contributed by atoms with Gasteiger partial charge in [0, 0.05) is 12.1 Å². The Morgan fingerprint density at radius 3 is 2.88 bits per heavy atom. The van der Waals surface area contributed by atoms with E-state index in [2.05, 4.69) is 27.1 Å². The van der Waals surface area contributed by atoms with E-state index in [1.165, 1.54) is 17.4 Å². The smallest absolute Gasteiger partial charge is 0.263 e. The number of carbonyl (C=O) groups is 1. The highest BCUT2D eigenvalue weighted by Gasteiger charge is 2.40. The minimum absolute atomic E-state index is 0.0965. The number of nitrogens with zero attached hydrogens (tertiary/aromatic N) is 3. The maximum atomic E-state index is 13.2. The van der Waals surface area contributed by atoms with Crippen molar-refractivity contribution in [2.75, 3.05) is 13.1 Å². The van der Waals surface area contributed by atoms with E-state index < -0.39 is 5.95 Å². The van der Waals surface area contributed by atoms with E-state index in [4.69, 9.17) is 0 Å². The fourth-order valence-corrected chi connectivity index (χ4v) is 4.58. The predicted molar refractivity (Wildman–Crippen MR) is 90.3 cm³/mol. The first-order valence-corrected chi connectivity index (χ1v) is 9.07. The van der Waals surface area contributed by atoms with Gasteiger partial charge in [-0.2, -0.15) is 4.39 Å². The number of halogens is 1. The SMILES string of the molecule is C[C@H]1[C@H](NC(=O)c2cnc(-c3cccc(F)n3)s2)C2CCN1CC2. The second kappa shape index (κ2) is 6.22. The fraction of sp³-hybridized carbons (Fsp3) is 0.471. The second-order valence-electron chi connectivity index (χ2n) is 6.49. The van der Waals surface area contributed by atoms with Gasteiger partial charge in [-0.05, 0) is 50.9 Å². The molecule has 0 unspecified atom stereocenters. The molecule has 2 aromatic heterocycles. The lowest BCUT2D eigenvalue weighted by Gasteiger charge is -2.49. The van der Waals surface area contributed by atoms with Crippen LogP contribution >= 0.6 is 11.3 Å². The Morgan fingerprint density at radius 1 is 1.38 bits per heavy atom. The zero-order valence-corrected chi connectivity index (χ0v) is 14.2. The molecule has 5 rings (SSSR count). The number of nitrogens with one attached hydrogen (secondary N) is 1. The summed E-state index contributed by atoms with van der Waals surface area (Å²) < 4.78 is 13.2. The van der Waals surface area contributed by atoms with Crippen LogP contribution in [0.1, 0.15) is 29.4 Å². The normalized spacial score (nSPS) is 28.8. The van der Waals surface area contributed by atoms with Crippen molar-refractivity contribution < 1.29 is 9.18 Å². The summed E-state index contributed by atoms with van der Waals surface area (Å²) in [6, 6.07) is 5.14. The van der Waals surface area contributed by atoms with Gasteiger partial charge in [-0.1, -0.05) is 6.07 Å². The molecule has 3 aliphatic heterocycles. The summed E-state index contributed by atoms with van der Waals surface area (Å²) in [5.74, 6) is -0.0817. The van der Waals surface area contributed by atoms with Gasteiger partial charge in [0.05, 0.1) is 6.20 Å². The standard InChI is InChI=1S/C17H19FN4OS/c1-10-15(11-5-7-22(10)8-6-11)21-16(23)13-9-19-17(24-13)12-3-2-4-14(18)20-12/h2-4,9-11,15H,5-8H2,1H3,(H,21,23)/t10-,15-/m0/s1. The van der Waals surface area contributed by atoms with E-state index in [-0.39, 0.29) is 11.9 Å². The molecular formula is C17H19FN4OS. The molecule has 2 atom stereocenters. The molecule has 3 aliphatic rings. The summed E-state index contributed by atoms with van der Waals surface area (Å²) in [4.78, 5) is 23.6. The van der Waals surface area contributed by atoms with Crippen LogP contribution in [-0.4, -0.2) is 45.9 Å². The van der Waals surface area contributed by atoms with E-state index in [1.54, 1.807) is 18.3 Å². The molecule has 0 radical (unpaired) electrons. The van der Waals surface area contributed by atoms with Crippen molar-refractivity contribution in [3.63, 3.8) is 0 Å². The van der Waals surface area contributed by atoms with Crippen molar-refractivity contribution in [3.8, 4) is 10.7 Å². The van der Waals surface area contributed by atoms with Gasteiger partial charge >= 0.3 is 0 Å². The van der Waals surface area contributed by atoms with Crippen LogP contribution in [0.25, 0.3) is 10.7 Å². The van der Waals surface area contributed by atoms with Crippen LogP contribution < -0.4 is 5.32 Å². The molecule has 24 heavy (non-hydrogen) atoms. The molecule has 0 saturated carbocycles. The van der Waals surface area contributed by atoms with Crippen molar-refractivity contribution in [1.29, 1.82) is 0 Å². The highest BCUT2D eigenvalue weighted by atomic mass is 32.1. The van der Waals surface area contributed by atoms with Crippen LogP contribution in [0, 0.1) is 11.9 Å². The number of rotatable bonds is 3. The molecule has 2 bridgehead atoms. The first kappa shape index (κ1) is 15.7. The highest BCUT2D eigenvalue weighted by Crippen LogP contribution is 2.32. The third-order valence-corrected chi connectivity index (χ3v) is 6.16. The minimum Gasteiger partial charge on any atom is -0.347 e. The average Bonchev–Trinajstić information content (AvgIpc) is 3.09. The lowest BCUT2D eigenvalue weighted by molar-refractivity contribution is 0.0218. The van der Waals surface area contributed by atoms with Crippen LogP contribution in [0.4, 0.5) is 4.39 Å². The quantitative estimate of drug-likeness (QED) is 0.868. The Labute approximate surface area is 143 Å². The summed E-state index contributed by atoms with van der Waals surface area (Å²) in [7, 11) is 0. The molecular weight excluding hydrogens is 327 g/mol. The topological polar surface area (TPSA) is 58.1 Å². The Kier molecular flexibility index (Phi) is 4.05. The van der Waals surface area contributed by atoms with Gasteiger partial charge < -0.3 is 5.32 Å². The molecule has 3 saturated heterocycles. The van der Waals surface area contributed by atoms with Crippen LogP contribution in [0.3, 0.4) is 0 Å². The van der Waals surface area contributed by atoms with Gasteiger partial charge in [0.2, 0.25) is 5.95 Å². The summed E-state index contributed by atoms with van der Waals surface area (Å²) in [6.07, 6.45) is 3.85. The van der Waals surface area contributed by atoms with Gasteiger partial charge in [-0.25, -0.2) is 9.97 Å².